The molecule has 0 aliphatic rings. The Balaban J connectivity index is 1.87. The first kappa shape index (κ1) is 8.99. The molecule has 0 spiro atoms. The van der Waals surface area contributed by atoms with Gasteiger partial charge in [-0.1, -0.05) is 0 Å². The normalized spacial score (nSPS) is 12.9. The molecule has 73 valence electrons. The number of aryl methyl sites for hydroxylation is 1. The van der Waals surface area contributed by atoms with E-state index >= 15 is 0 Å². The SMILES string of the molecule is [CH2]C(CCn1cccn1)c1ncc[nH]1. The van der Waals surface area contributed by atoms with Gasteiger partial charge in [-0.05, 0) is 19.4 Å². The molecule has 0 fully saturated rings. The van der Waals surface area contributed by atoms with E-state index < -0.39 is 0 Å². The number of nitrogens with one attached hydrogen (secondary N) is 1. The summed E-state index contributed by atoms with van der Waals surface area (Å²) in [7, 11) is 0. The highest BCUT2D eigenvalue weighted by molar-refractivity contribution is 4.98. The number of hydrogen-bond acceptors (Lipinski definition) is 2. The van der Waals surface area contributed by atoms with Gasteiger partial charge in [-0.15, -0.1) is 0 Å². The van der Waals surface area contributed by atoms with E-state index in [4.69, 9.17) is 0 Å². The number of hydrogen-bond donors (Lipinski definition) is 1. The number of imidazole rings is 1. The summed E-state index contributed by atoms with van der Waals surface area (Å²) < 4.78 is 1.90. The molecule has 1 atom stereocenters. The molecule has 0 bridgehead atoms. The maximum atomic E-state index is 4.17. The average Bonchev–Trinajstić information content (AvgIpc) is 2.87. The molecular weight excluding hydrogens is 176 g/mol. The van der Waals surface area contributed by atoms with Gasteiger partial charge in [0.1, 0.15) is 5.82 Å². The van der Waals surface area contributed by atoms with Crippen LogP contribution < -0.4 is 0 Å². The Morgan fingerprint density at radius 2 is 2.43 bits per heavy atom. The van der Waals surface area contributed by atoms with Crippen molar-refractivity contribution >= 4 is 0 Å². The fraction of sp³-hybridized carbons (Fsp3) is 0.300. The van der Waals surface area contributed by atoms with Gasteiger partial charge in [0, 0.05) is 37.3 Å². The fourth-order valence-corrected chi connectivity index (χ4v) is 1.36. The maximum Gasteiger partial charge on any atom is 0.109 e. The molecule has 0 saturated heterocycles. The van der Waals surface area contributed by atoms with Crippen molar-refractivity contribution in [1.82, 2.24) is 19.7 Å². The van der Waals surface area contributed by atoms with Crippen LogP contribution in [0.1, 0.15) is 18.2 Å². The number of aromatic amines is 1. The quantitative estimate of drug-likeness (QED) is 0.794. The van der Waals surface area contributed by atoms with E-state index in [0.717, 1.165) is 18.8 Å². The van der Waals surface area contributed by atoms with Crippen molar-refractivity contribution in [3.05, 3.63) is 43.6 Å². The molecule has 2 aromatic heterocycles. The predicted octanol–water partition coefficient (Wildman–Crippen LogP) is 1.61. The molecular formula is C10H13N4. The van der Waals surface area contributed by atoms with Gasteiger partial charge < -0.3 is 4.98 Å². The van der Waals surface area contributed by atoms with E-state index in [9.17, 15) is 0 Å². The fourth-order valence-electron chi connectivity index (χ4n) is 1.36. The summed E-state index contributed by atoms with van der Waals surface area (Å²) in [4.78, 5) is 7.23. The van der Waals surface area contributed by atoms with E-state index in [1.165, 1.54) is 0 Å². The Bertz CT molecular complexity index is 349. The molecule has 0 amide bonds. The molecule has 0 aliphatic carbocycles. The van der Waals surface area contributed by atoms with Crippen LogP contribution in [0.25, 0.3) is 0 Å². The van der Waals surface area contributed by atoms with Crippen LogP contribution in [0, 0.1) is 6.92 Å². The van der Waals surface area contributed by atoms with E-state index in [-0.39, 0.29) is 5.92 Å². The Morgan fingerprint density at radius 1 is 1.50 bits per heavy atom. The van der Waals surface area contributed by atoms with Gasteiger partial charge in [0.2, 0.25) is 0 Å². The summed E-state index contributed by atoms with van der Waals surface area (Å²) in [6.45, 7) is 4.92. The van der Waals surface area contributed by atoms with E-state index in [0.29, 0.717) is 0 Å². The van der Waals surface area contributed by atoms with Crippen LogP contribution in [-0.4, -0.2) is 19.7 Å². The van der Waals surface area contributed by atoms with Crippen LogP contribution in [0.15, 0.2) is 30.9 Å². The average molecular weight is 189 g/mol. The smallest absolute Gasteiger partial charge is 0.109 e. The minimum atomic E-state index is 0.203. The third-order valence-corrected chi connectivity index (χ3v) is 2.17. The lowest BCUT2D eigenvalue weighted by molar-refractivity contribution is 0.543. The lowest BCUT2D eigenvalue weighted by Gasteiger charge is -2.07. The van der Waals surface area contributed by atoms with E-state index in [1.807, 2.05) is 23.1 Å². The summed E-state index contributed by atoms with van der Waals surface area (Å²) in [6, 6.07) is 1.92. The monoisotopic (exact) mass is 189 g/mol. The highest BCUT2D eigenvalue weighted by Crippen LogP contribution is 2.14. The molecule has 0 aliphatic heterocycles. The van der Waals surface area contributed by atoms with Crippen molar-refractivity contribution < 1.29 is 0 Å². The molecule has 1 N–H and O–H groups in total. The standard InChI is InChI=1S/C10H13N4/c1-9(10-11-5-6-12-10)3-8-14-7-2-4-13-14/h2,4-7,9H,1,3,8H2,(H,11,12). The van der Waals surface area contributed by atoms with Crippen LogP contribution in [0.3, 0.4) is 0 Å². The molecule has 4 heteroatoms. The third kappa shape index (κ3) is 2.02. The van der Waals surface area contributed by atoms with Crippen LogP contribution in [0.2, 0.25) is 0 Å². The van der Waals surface area contributed by atoms with Crippen LogP contribution in [0.4, 0.5) is 0 Å². The first-order valence-electron chi connectivity index (χ1n) is 4.66. The highest BCUT2D eigenvalue weighted by atomic mass is 15.3. The number of H-pyrrole nitrogens is 1. The van der Waals surface area contributed by atoms with E-state index in [1.54, 1.807) is 12.4 Å². The highest BCUT2D eigenvalue weighted by Gasteiger charge is 2.07. The maximum absolute atomic E-state index is 4.17. The van der Waals surface area contributed by atoms with Gasteiger partial charge in [0.05, 0.1) is 0 Å². The minimum Gasteiger partial charge on any atom is -0.348 e. The summed E-state index contributed by atoms with van der Waals surface area (Å²) in [6.07, 6.45) is 8.25. The van der Waals surface area contributed by atoms with Gasteiger partial charge in [0.25, 0.3) is 0 Å². The molecule has 1 unspecified atom stereocenters. The molecule has 2 heterocycles. The zero-order chi connectivity index (χ0) is 9.80. The zero-order valence-corrected chi connectivity index (χ0v) is 7.93. The van der Waals surface area contributed by atoms with Crippen molar-refractivity contribution in [2.75, 3.05) is 0 Å². The van der Waals surface area contributed by atoms with Gasteiger partial charge in [0.15, 0.2) is 0 Å². The topological polar surface area (TPSA) is 46.5 Å². The first-order valence-corrected chi connectivity index (χ1v) is 4.66. The number of rotatable bonds is 4. The lowest BCUT2D eigenvalue weighted by atomic mass is 10.1. The Labute approximate surface area is 83.0 Å². The second-order valence-electron chi connectivity index (χ2n) is 3.23. The summed E-state index contributed by atoms with van der Waals surface area (Å²) in [5.74, 6) is 1.14. The summed E-state index contributed by atoms with van der Waals surface area (Å²) in [5, 5.41) is 4.13. The molecule has 14 heavy (non-hydrogen) atoms. The summed E-state index contributed by atoms with van der Waals surface area (Å²) >= 11 is 0. The number of aromatic nitrogens is 4. The minimum absolute atomic E-state index is 0.203. The van der Waals surface area contributed by atoms with Crippen LogP contribution in [-0.2, 0) is 6.54 Å². The molecule has 0 aromatic carbocycles. The third-order valence-electron chi connectivity index (χ3n) is 2.17. The largest absolute Gasteiger partial charge is 0.348 e. The van der Waals surface area contributed by atoms with Gasteiger partial charge >= 0.3 is 0 Å². The molecule has 2 rings (SSSR count). The lowest BCUT2D eigenvalue weighted by Crippen LogP contribution is -2.04. The molecule has 1 radical (unpaired) electrons. The van der Waals surface area contributed by atoms with Gasteiger partial charge in [-0.2, -0.15) is 5.10 Å². The van der Waals surface area contributed by atoms with Crippen molar-refractivity contribution in [3.8, 4) is 0 Å². The van der Waals surface area contributed by atoms with E-state index in [2.05, 4.69) is 22.0 Å². The van der Waals surface area contributed by atoms with Gasteiger partial charge in [-0.25, -0.2) is 4.98 Å². The molecule has 4 nitrogen and oxygen atoms in total. The second kappa shape index (κ2) is 4.09. The van der Waals surface area contributed by atoms with Crippen molar-refractivity contribution in [1.29, 1.82) is 0 Å². The summed E-state index contributed by atoms with van der Waals surface area (Å²) in [5.41, 5.74) is 0. The number of nitrogens with zero attached hydrogens (tertiary/aromatic N) is 3. The van der Waals surface area contributed by atoms with Crippen molar-refractivity contribution in [2.24, 2.45) is 0 Å². The molecule has 2 aromatic rings. The predicted molar refractivity (Wildman–Crippen MR) is 53.5 cm³/mol. The van der Waals surface area contributed by atoms with Gasteiger partial charge in [-0.3, -0.25) is 4.68 Å². The van der Waals surface area contributed by atoms with Crippen LogP contribution in [0.5, 0.6) is 0 Å². The Morgan fingerprint density at radius 3 is 3.07 bits per heavy atom. The first-order chi connectivity index (χ1) is 6.86. The zero-order valence-electron chi connectivity index (χ0n) is 7.93. The van der Waals surface area contributed by atoms with Crippen molar-refractivity contribution in [2.45, 2.75) is 18.9 Å². The molecule has 0 saturated carbocycles. The second-order valence-corrected chi connectivity index (χ2v) is 3.23. The Kier molecular flexibility index (Phi) is 2.62. The van der Waals surface area contributed by atoms with Crippen LogP contribution >= 0.6 is 0 Å². The Hall–Kier alpha value is -1.58. The van der Waals surface area contributed by atoms with Crippen molar-refractivity contribution in [3.63, 3.8) is 0 Å².